The minimum Gasteiger partial charge on any atom is -0.496 e. The molecular formula is C16H19N3O2. The Morgan fingerprint density at radius 1 is 1.33 bits per heavy atom. The molecule has 2 aliphatic heterocycles. The van der Waals surface area contributed by atoms with Crippen LogP contribution in [0.25, 0.3) is 11.4 Å². The highest BCUT2D eigenvalue weighted by Crippen LogP contribution is 2.40. The fraction of sp³-hybridized carbons (Fsp3) is 0.500. The van der Waals surface area contributed by atoms with E-state index in [9.17, 15) is 0 Å². The van der Waals surface area contributed by atoms with Crippen molar-refractivity contribution in [2.75, 3.05) is 7.11 Å². The first kappa shape index (κ1) is 12.8. The first-order valence-corrected chi connectivity index (χ1v) is 7.49. The first-order valence-electron chi connectivity index (χ1n) is 7.49. The molecule has 1 aromatic heterocycles. The number of aryl methyl sites for hydroxylation is 1. The zero-order valence-corrected chi connectivity index (χ0v) is 12.3. The Bertz CT molecular complexity index is 667. The lowest BCUT2D eigenvalue weighted by Crippen LogP contribution is -2.21. The zero-order chi connectivity index (χ0) is 14.4. The second-order valence-electron chi connectivity index (χ2n) is 6.05. The topological polar surface area (TPSA) is 60.2 Å². The maximum atomic E-state index is 5.53. The van der Waals surface area contributed by atoms with Crippen LogP contribution in [0, 0.1) is 6.92 Å². The van der Waals surface area contributed by atoms with E-state index in [1.54, 1.807) is 7.11 Å². The van der Waals surface area contributed by atoms with Gasteiger partial charge in [0.1, 0.15) is 5.75 Å². The Labute approximate surface area is 123 Å². The van der Waals surface area contributed by atoms with Gasteiger partial charge in [0.15, 0.2) is 0 Å². The van der Waals surface area contributed by atoms with Crippen molar-refractivity contribution in [2.45, 2.75) is 44.2 Å². The van der Waals surface area contributed by atoms with Gasteiger partial charge in [-0.05, 0) is 43.9 Å². The highest BCUT2D eigenvalue weighted by Gasteiger charge is 2.42. The van der Waals surface area contributed by atoms with Crippen LogP contribution in [0.15, 0.2) is 22.7 Å². The third-order valence-corrected chi connectivity index (χ3v) is 4.66. The number of hydrogen-bond acceptors (Lipinski definition) is 5. The molecule has 5 heteroatoms. The summed E-state index contributed by atoms with van der Waals surface area (Å²) in [5.41, 5.74) is 2.03. The Morgan fingerprint density at radius 3 is 2.95 bits per heavy atom. The molecule has 0 saturated carbocycles. The molecule has 5 nitrogen and oxygen atoms in total. The number of nitrogens with one attached hydrogen (secondary N) is 1. The summed E-state index contributed by atoms with van der Waals surface area (Å²) in [6.07, 6.45) is 3.59. The summed E-state index contributed by atoms with van der Waals surface area (Å²) < 4.78 is 11.0. The molecule has 110 valence electrons. The third-order valence-electron chi connectivity index (χ3n) is 4.66. The van der Waals surface area contributed by atoms with E-state index in [1.807, 2.05) is 25.1 Å². The highest BCUT2D eigenvalue weighted by atomic mass is 16.5. The van der Waals surface area contributed by atoms with Crippen molar-refractivity contribution in [1.82, 2.24) is 15.5 Å². The lowest BCUT2D eigenvalue weighted by Gasteiger charge is -2.15. The Hall–Kier alpha value is -1.88. The van der Waals surface area contributed by atoms with Crippen molar-refractivity contribution >= 4 is 0 Å². The molecule has 21 heavy (non-hydrogen) atoms. The van der Waals surface area contributed by atoms with Gasteiger partial charge in [-0.2, -0.15) is 4.98 Å². The molecule has 0 radical (unpaired) electrons. The number of methoxy groups -OCH3 is 1. The Balaban J connectivity index is 1.65. The fourth-order valence-corrected chi connectivity index (χ4v) is 3.58. The summed E-state index contributed by atoms with van der Waals surface area (Å²) in [4.78, 5) is 4.62. The van der Waals surface area contributed by atoms with Crippen LogP contribution in [0.1, 0.15) is 36.6 Å². The van der Waals surface area contributed by atoms with Crippen molar-refractivity contribution in [1.29, 1.82) is 0 Å². The maximum Gasteiger partial charge on any atom is 0.231 e. The van der Waals surface area contributed by atoms with Gasteiger partial charge in [-0.25, -0.2) is 0 Å². The number of fused-ring (bicyclic) bond motifs is 2. The van der Waals surface area contributed by atoms with Gasteiger partial charge in [0.25, 0.3) is 0 Å². The van der Waals surface area contributed by atoms with Gasteiger partial charge >= 0.3 is 0 Å². The average molecular weight is 285 g/mol. The number of nitrogens with zero attached hydrogens (tertiary/aromatic N) is 2. The summed E-state index contributed by atoms with van der Waals surface area (Å²) >= 11 is 0. The van der Waals surface area contributed by atoms with E-state index in [0.717, 1.165) is 29.2 Å². The van der Waals surface area contributed by atoms with Gasteiger partial charge in [0.05, 0.1) is 18.6 Å². The lowest BCUT2D eigenvalue weighted by atomic mass is 9.89. The monoisotopic (exact) mass is 285 g/mol. The maximum absolute atomic E-state index is 5.53. The van der Waals surface area contributed by atoms with Crippen LogP contribution in [0.4, 0.5) is 0 Å². The molecule has 2 bridgehead atoms. The molecular weight excluding hydrogens is 266 g/mol. The quantitative estimate of drug-likeness (QED) is 0.939. The predicted molar refractivity (Wildman–Crippen MR) is 78.3 cm³/mol. The van der Waals surface area contributed by atoms with Crippen LogP contribution in [0.5, 0.6) is 5.75 Å². The lowest BCUT2D eigenvalue weighted by molar-refractivity contribution is 0.329. The standard InChI is InChI=1S/C16H19N3O2/c1-9-3-5-11(14(7-9)20-2)15-18-16(21-19-15)12-8-10-4-6-13(12)17-10/h3,5,7,10,12-13,17H,4,6,8H2,1-2H3. The normalized spacial score (nSPS) is 27.2. The van der Waals surface area contributed by atoms with Crippen LogP contribution in [0.3, 0.4) is 0 Å². The molecule has 0 amide bonds. The molecule has 0 spiro atoms. The van der Waals surface area contributed by atoms with E-state index < -0.39 is 0 Å². The molecule has 2 fully saturated rings. The van der Waals surface area contributed by atoms with E-state index >= 15 is 0 Å². The van der Waals surface area contributed by atoms with E-state index in [2.05, 4.69) is 15.5 Å². The van der Waals surface area contributed by atoms with Crippen LogP contribution in [0.2, 0.25) is 0 Å². The van der Waals surface area contributed by atoms with Crippen LogP contribution >= 0.6 is 0 Å². The smallest absolute Gasteiger partial charge is 0.231 e. The van der Waals surface area contributed by atoms with Crippen LogP contribution in [-0.4, -0.2) is 29.3 Å². The zero-order valence-electron chi connectivity index (χ0n) is 12.3. The molecule has 3 atom stereocenters. The minimum atomic E-state index is 0.362. The average Bonchev–Trinajstić information content (AvgIpc) is 3.22. The van der Waals surface area contributed by atoms with E-state index in [0.29, 0.717) is 23.8 Å². The van der Waals surface area contributed by atoms with Crippen molar-refractivity contribution in [2.24, 2.45) is 0 Å². The predicted octanol–water partition coefficient (Wildman–Crippen LogP) is 2.66. The molecule has 0 aliphatic carbocycles. The van der Waals surface area contributed by atoms with E-state index in [-0.39, 0.29) is 0 Å². The first-order chi connectivity index (χ1) is 10.2. The van der Waals surface area contributed by atoms with Crippen molar-refractivity contribution < 1.29 is 9.26 Å². The molecule has 3 heterocycles. The van der Waals surface area contributed by atoms with Crippen LogP contribution < -0.4 is 10.1 Å². The largest absolute Gasteiger partial charge is 0.496 e. The van der Waals surface area contributed by atoms with Crippen molar-refractivity contribution in [3.05, 3.63) is 29.7 Å². The van der Waals surface area contributed by atoms with Crippen molar-refractivity contribution in [3.8, 4) is 17.1 Å². The molecule has 1 aromatic carbocycles. The van der Waals surface area contributed by atoms with Gasteiger partial charge in [-0.1, -0.05) is 11.2 Å². The number of benzene rings is 1. The summed E-state index contributed by atoms with van der Waals surface area (Å²) in [6, 6.07) is 7.15. The molecule has 2 aromatic rings. The second kappa shape index (κ2) is 4.84. The molecule has 4 rings (SSSR count). The van der Waals surface area contributed by atoms with Crippen molar-refractivity contribution in [3.63, 3.8) is 0 Å². The summed E-state index contributed by atoms with van der Waals surface area (Å²) in [5.74, 6) is 2.52. The van der Waals surface area contributed by atoms with Gasteiger partial charge in [0, 0.05) is 12.1 Å². The summed E-state index contributed by atoms with van der Waals surface area (Å²) in [6.45, 7) is 2.04. The minimum absolute atomic E-state index is 0.362. The third kappa shape index (κ3) is 2.12. The Morgan fingerprint density at radius 2 is 2.24 bits per heavy atom. The number of ether oxygens (including phenoxy) is 1. The number of hydrogen-bond donors (Lipinski definition) is 1. The number of rotatable bonds is 3. The van der Waals surface area contributed by atoms with Gasteiger partial charge in [0.2, 0.25) is 11.7 Å². The van der Waals surface area contributed by atoms with Gasteiger partial charge in [-0.15, -0.1) is 0 Å². The SMILES string of the molecule is COc1cc(C)ccc1-c1noc(C2CC3CCC2N3)n1. The molecule has 1 N–H and O–H groups in total. The molecule has 2 saturated heterocycles. The molecule has 2 aliphatic rings. The molecule has 3 unspecified atom stereocenters. The van der Waals surface area contributed by atoms with Crippen LogP contribution in [-0.2, 0) is 0 Å². The number of aromatic nitrogens is 2. The van der Waals surface area contributed by atoms with Gasteiger partial charge < -0.3 is 14.6 Å². The highest BCUT2D eigenvalue weighted by molar-refractivity contribution is 5.64. The van der Waals surface area contributed by atoms with E-state index in [1.165, 1.54) is 12.8 Å². The fourth-order valence-electron chi connectivity index (χ4n) is 3.58. The Kier molecular flexibility index (Phi) is 2.96. The van der Waals surface area contributed by atoms with Gasteiger partial charge in [-0.3, -0.25) is 0 Å². The summed E-state index contributed by atoms with van der Waals surface area (Å²) in [7, 11) is 1.67. The van der Waals surface area contributed by atoms with E-state index in [4.69, 9.17) is 9.26 Å². The second-order valence-corrected chi connectivity index (χ2v) is 6.05. The summed E-state index contributed by atoms with van der Waals surface area (Å²) in [5, 5.41) is 7.76.